The lowest BCUT2D eigenvalue weighted by atomic mass is 10.4. The largest absolute Gasteiger partial charge is 0.394 e. The highest BCUT2D eigenvalue weighted by molar-refractivity contribution is 4.73. The molecule has 0 aliphatic carbocycles. The van der Waals surface area contributed by atoms with Crippen LogP contribution in [0.2, 0.25) is 0 Å². The van der Waals surface area contributed by atoms with Crippen molar-refractivity contribution in [2.24, 2.45) is 0 Å². The highest BCUT2D eigenvalue weighted by atomic mass is 16.3. The number of hydrogen-bond donors (Lipinski definition) is 3. The molecule has 3 N–H and O–H groups in total. The van der Waals surface area contributed by atoms with Crippen LogP contribution in [0.4, 0.5) is 0 Å². The molecule has 1 unspecified atom stereocenters. The van der Waals surface area contributed by atoms with Gasteiger partial charge in [0, 0.05) is 6.54 Å². The summed E-state index contributed by atoms with van der Waals surface area (Å²) in [4.78, 5) is 0. The maximum atomic E-state index is 8.66. The molecule has 0 bridgehead atoms. The number of hydrogen-bond acceptors (Lipinski definition) is 4. The summed E-state index contributed by atoms with van der Waals surface area (Å²) in [6.45, 7) is 0.208. The van der Waals surface area contributed by atoms with Crippen LogP contribution >= 0.6 is 0 Å². The van der Waals surface area contributed by atoms with E-state index in [-0.39, 0.29) is 19.7 Å². The summed E-state index contributed by atoms with van der Waals surface area (Å²) in [5.74, 6) is 0. The first-order chi connectivity index (χ1) is 4.31. The molecule has 0 aliphatic heterocycles. The Morgan fingerprint density at radius 1 is 1.67 bits per heavy atom. The molecule has 0 rings (SSSR count). The smallest absolute Gasteiger partial charge is 0.0895 e. The van der Waals surface area contributed by atoms with Crippen molar-refractivity contribution in [3.8, 4) is 6.07 Å². The van der Waals surface area contributed by atoms with Gasteiger partial charge in [0.15, 0.2) is 0 Å². The van der Waals surface area contributed by atoms with Crippen molar-refractivity contribution in [2.45, 2.75) is 6.10 Å². The van der Waals surface area contributed by atoms with E-state index in [2.05, 4.69) is 5.32 Å². The van der Waals surface area contributed by atoms with Crippen molar-refractivity contribution < 1.29 is 10.2 Å². The summed E-state index contributed by atoms with van der Waals surface area (Å²) >= 11 is 0. The number of nitrogens with one attached hydrogen (secondary N) is 1. The molecular formula is C5H10N2O2. The van der Waals surface area contributed by atoms with Gasteiger partial charge in [-0.1, -0.05) is 0 Å². The van der Waals surface area contributed by atoms with Crippen LogP contribution in [0.5, 0.6) is 0 Å². The molecule has 4 heteroatoms. The lowest BCUT2D eigenvalue weighted by Crippen LogP contribution is -2.29. The molecule has 0 saturated heterocycles. The van der Waals surface area contributed by atoms with Gasteiger partial charge in [-0.25, -0.2) is 0 Å². The van der Waals surface area contributed by atoms with Crippen LogP contribution in [-0.2, 0) is 0 Å². The third-order valence-corrected chi connectivity index (χ3v) is 0.795. The number of rotatable bonds is 4. The van der Waals surface area contributed by atoms with E-state index in [1.807, 2.05) is 6.07 Å². The van der Waals surface area contributed by atoms with Crippen LogP contribution in [0, 0.1) is 11.3 Å². The van der Waals surface area contributed by atoms with Crippen LogP contribution in [0.3, 0.4) is 0 Å². The van der Waals surface area contributed by atoms with E-state index in [4.69, 9.17) is 15.5 Å². The van der Waals surface area contributed by atoms with Crippen molar-refractivity contribution in [1.29, 1.82) is 5.26 Å². The highest BCUT2D eigenvalue weighted by Gasteiger charge is 1.97. The second-order valence-corrected chi connectivity index (χ2v) is 1.63. The zero-order valence-electron chi connectivity index (χ0n) is 5.04. The van der Waals surface area contributed by atoms with Crippen LogP contribution in [0.1, 0.15) is 0 Å². The molecule has 0 aromatic rings. The van der Waals surface area contributed by atoms with Crippen LogP contribution in [0.25, 0.3) is 0 Å². The number of nitrogens with zero attached hydrogens (tertiary/aromatic N) is 1. The molecule has 0 heterocycles. The van der Waals surface area contributed by atoms with E-state index < -0.39 is 6.10 Å². The Kier molecular flexibility index (Phi) is 5.12. The predicted octanol–water partition coefficient (Wildman–Crippen LogP) is -1.55. The Balaban J connectivity index is 2.99. The van der Waals surface area contributed by atoms with E-state index in [1.54, 1.807) is 0 Å². The zero-order chi connectivity index (χ0) is 7.11. The minimum atomic E-state index is -0.752. The van der Waals surface area contributed by atoms with E-state index in [1.165, 1.54) is 0 Å². The third kappa shape index (κ3) is 5.24. The summed E-state index contributed by atoms with van der Waals surface area (Å²) in [6, 6.07) is 1.84. The molecule has 0 aromatic heterocycles. The lowest BCUT2D eigenvalue weighted by Gasteiger charge is -2.04. The molecule has 0 aliphatic rings. The summed E-state index contributed by atoms with van der Waals surface area (Å²) in [7, 11) is 0. The molecule has 9 heavy (non-hydrogen) atoms. The standard InChI is InChI=1S/C5H10N2O2/c6-1-2-7-3-5(9)4-8/h5,7-9H,2-4H2. The van der Waals surface area contributed by atoms with Gasteiger partial charge >= 0.3 is 0 Å². The van der Waals surface area contributed by atoms with Crippen LogP contribution in [-0.4, -0.2) is 36.0 Å². The van der Waals surface area contributed by atoms with E-state index in [9.17, 15) is 0 Å². The fraction of sp³-hybridized carbons (Fsp3) is 0.800. The minimum Gasteiger partial charge on any atom is -0.394 e. The molecular weight excluding hydrogens is 120 g/mol. The predicted molar refractivity (Wildman–Crippen MR) is 31.6 cm³/mol. The Morgan fingerprint density at radius 2 is 2.33 bits per heavy atom. The highest BCUT2D eigenvalue weighted by Crippen LogP contribution is 1.74. The maximum Gasteiger partial charge on any atom is 0.0895 e. The van der Waals surface area contributed by atoms with Gasteiger partial charge in [0.2, 0.25) is 0 Å². The Bertz CT molecular complexity index is 99.6. The summed E-state index contributed by atoms with van der Waals surface area (Å²) < 4.78 is 0. The average molecular weight is 130 g/mol. The van der Waals surface area contributed by atoms with Gasteiger partial charge in [-0.15, -0.1) is 0 Å². The maximum absolute atomic E-state index is 8.66. The van der Waals surface area contributed by atoms with Gasteiger partial charge in [0.05, 0.1) is 25.3 Å². The second kappa shape index (κ2) is 5.51. The molecule has 0 spiro atoms. The van der Waals surface area contributed by atoms with Crippen molar-refractivity contribution in [3.05, 3.63) is 0 Å². The topological polar surface area (TPSA) is 76.3 Å². The van der Waals surface area contributed by atoms with Crippen LogP contribution in [0.15, 0.2) is 0 Å². The van der Waals surface area contributed by atoms with Gasteiger partial charge < -0.3 is 15.5 Å². The fourth-order valence-corrected chi connectivity index (χ4v) is 0.359. The number of aliphatic hydroxyl groups excluding tert-OH is 2. The van der Waals surface area contributed by atoms with Crippen molar-refractivity contribution in [2.75, 3.05) is 19.7 Å². The molecule has 0 amide bonds. The minimum absolute atomic E-state index is 0.205. The zero-order valence-corrected chi connectivity index (χ0v) is 5.04. The van der Waals surface area contributed by atoms with E-state index in [0.717, 1.165) is 0 Å². The van der Waals surface area contributed by atoms with Gasteiger partial charge in [0.1, 0.15) is 0 Å². The van der Waals surface area contributed by atoms with Gasteiger partial charge in [-0.2, -0.15) is 5.26 Å². The Hall–Kier alpha value is -0.630. The summed E-state index contributed by atoms with van der Waals surface area (Å²) in [5.41, 5.74) is 0. The molecule has 1 atom stereocenters. The first kappa shape index (κ1) is 8.37. The average Bonchev–Trinajstić information content (AvgIpc) is 1.89. The molecule has 4 nitrogen and oxygen atoms in total. The normalized spacial score (nSPS) is 12.6. The van der Waals surface area contributed by atoms with Crippen molar-refractivity contribution in [3.63, 3.8) is 0 Å². The van der Waals surface area contributed by atoms with Gasteiger partial charge in [-0.05, 0) is 0 Å². The lowest BCUT2D eigenvalue weighted by molar-refractivity contribution is 0.0954. The molecule has 0 saturated carbocycles. The monoisotopic (exact) mass is 130 g/mol. The Morgan fingerprint density at radius 3 is 2.78 bits per heavy atom. The Labute approximate surface area is 53.7 Å². The number of aliphatic hydroxyl groups is 2. The van der Waals surface area contributed by atoms with Gasteiger partial charge in [-0.3, -0.25) is 0 Å². The van der Waals surface area contributed by atoms with E-state index in [0.29, 0.717) is 0 Å². The summed E-state index contributed by atoms with van der Waals surface area (Å²) in [5, 5.41) is 27.5. The van der Waals surface area contributed by atoms with Crippen molar-refractivity contribution in [1.82, 2.24) is 5.32 Å². The third-order valence-electron chi connectivity index (χ3n) is 0.795. The molecule has 52 valence electrons. The molecule has 0 radical (unpaired) electrons. The van der Waals surface area contributed by atoms with Crippen LogP contribution < -0.4 is 5.32 Å². The second-order valence-electron chi connectivity index (χ2n) is 1.63. The number of nitriles is 1. The first-order valence-corrected chi connectivity index (χ1v) is 2.68. The molecule has 0 fully saturated rings. The fourth-order valence-electron chi connectivity index (χ4n) is 0.359. The molecule has 0 aromatic carbocycles. The van der Waals surface area contributed by atoms with Gasteiger partial charge in [0.25, 0.3) is 0 Å². The summed E-state index contributed by atoms with van der Waals surface area (Å²) in [6.07, 6.45) is -0.752. The SMILES string of the molecule is N#CCNCC(O)CO. The quantitative estimate of drug-likeness (QED) is 0.318. The first-order valence-electron chi connectivity index (χ1n) is 2.68. The van der Waals surface area contributed by atoms with E-state index >= 15 is 0 Å². The van der Waals surface area contributed by atoms with Crippen molar-refractivity contribution >= 4 is 0 Å².